The molecule has 1 heterocycles. The van der Waals surface area contributed by atoms with Crippen LogP contribution >= 0.6 is 27.9 Å². The van der Waals surface area contributed by atoms with Gasteiger partial charge in [-0.1, -0.05) is 11.9 Å². The molecule has 0 saturated carbocycles. The summed E-state index contributed by atoms with van der Waals surface area (Å²) >= 11 is 5.17. The molecule has 0 saturated heterocycles. The van der Waals surface area contributed by atoms with Crippen molar-refractivity contribution in [2.24, 2.45) is 7.05 Å². The highest BCUT2D eigenvalue weighted by Gasteiger charge is 2.16. The lowest BCUT2D eigenvalue weighted by Crippen LogP contribution is -2.23. The number of halogens is 1. The molecule has 0 aliphatic heterocycles. The molecule has 0 amide bonds. The summed E-state index contributed by atoms with van der Waals surface area (Å²) in [6, 6.07) is 1.80. The molecule has 1 N–H and O–H groups in total. The monoisotopic (exact) mass is 318 g/mol. The van der Waals surface area contributed by atoms with Gasteiger partial charge in [-0.15, -0.1) is 0 Å². The van der Waals surface area contributed by atoms with Crippen molar-refractivity contribution in [1.29, 1.82) is 0 Å². The molecule has 0 bridgehead atoms. The Bertz CT molecular complexity index is 451. The second kappa shape index (κ2) is 5.59. The molecule has 3 nitrogen and oxygen atoms in total. The topological polar surface area (TPSA) is 34.0 Å². The Hall–Kier alpha value is -0.260. The average Bonchev–Trinajstić information content (AvgIpc) is 2.19. The molecule has 1 rings (SSSR count). The summed E-state index contributed by atoms with van der Waals surface area (Å²) in [6.07, 6.45) is 1.80. The first kappa shape index (κ1) is 14.8. The van der Waals surface area contributed by atoms with Crippen molar-refractivity contribution in [1.82, 2.24) is 9.29 Å². The average molecular weight is 319 g/mol. The van der Waals surface area contributed by atoms with Gasteiger partial charge in [-0.25, -0.2) is 0 Å². The third kappa shape index (κ3) is 4.48. The standard InChI is InChI=1S/C12H19BrN2OS/c1-8(14-17-12(2,3)4)9-6-11(16)15(5)7-10(9)13/h6-8,14H,1-5H3/t8-/m0/s1. The highest BCUT2D eigenvalue weighted by Crippen LogP contribution is 2.27. The van der Waals surface area contributed by atoms with E-state index in [0.717, 1.165) is 10.0 Å². The van der Waals surface area contributed by atoms with Crippen LogP contribution in [0.4, 0.5) is 0 Å². The molecule has 0 fully saturated rings. The second-order valence-corrected chi connectivity index (χ2v) is 7.60. The predicted molar refractivity (Wildman–Crippen MR) is 78.3 cm³/mol. The summed E-state index contributed by atoms with van der Waals surface area (Å²) in [5.41, 5.74) is 1.00. The Labute approximate surface area is 115 Å². The van der Waals surface area contributed by atoms with E-state index >= 15 is 0 Å². The third-order valence-corrected chi connectivity index (χ3v) is 3.96. The van der Waals surface area contributed by atoms with Crippen molar-refractivity contribution in [2.75, 3.05) is 0 Å². The van der Waals surface area contributed by atoms with E-state index in [0.29, 0.717) is 0 Å². The highest BCUT2D eigenvalue weighted by atomic mass is 79.9. The van der Waals surface area contributed by atoms with Crippen LogP contribution in [0.5, 0.6) is 0 Å². The number of pyridine rings is 1. The molecule has 1 atom stereocenters. The molecule has 17 heavy (non-hydrogen) atoms. The van der Waals surface area contributed by atoms with Gasteiger partial charge < -0.3 is 4.57 Å². The fourth-order valence-corrected chi connectivity index (χ4v) is 2.69. The van der Waals surface area contributed by atoms with Crippen LogP contribution in [0.1, 0.15) is 39.3 Å². The summed E-state index contributed by atoms with van der Waals surface area (Å²) in [4.78, 5) is 11.6. The number of rotatable bonds is 3. The van der Waals surface area contributed by atoms with E-state index < -0.39 is 0 Å². The zero-order valence-corrected chi connectivity index (χ0v) is 13.3. The normalized spacial score (nSPS) is 13.8. The van der Waals surface area contributed by atoms with Crippen LogP contribution in [0.3, 0.4) is 0 Å². The van der Waals surface area contributed by atoms with E-state index in [2.05, 4.69) is 48.3 Å². The van der Waals surface area contributed by atoms with Gasteiger partial charge in [0.2, 0.25) is 0 Å². The minimum absolute atomic E-state index is 0.0117. The van der Waals surface area contributed by atoms with Crippen molar-refractivity contribution >= 4 is 27.9 Å². The number of hydrogen-bond donors (Lipinski definition) is 1. The molecule has 0 aliphatic rings. The Morgan fingerprint density at radius 3 is 2.59 bits per heavy atom. The van der Waals surface area contributed by atoms with Crippen molar-refractivity contribution in [3.8, 4) is 0 Å². The van der Waals surface area contributed by atoms with Crippen molar-refractivity contribution in [3.05, 3.63) is 32.7 Å². The van der Waals surface area contributed by atoms with Crippen LogP contribution in [-0.2, 0) is 7.05 Å². The second-order valence-electron chi connectivity index (χ2n) is 5.08. The fraction of sp³-hybridized carbons (Fsp3) is 0.583. The number of aryl methyl sites for hydroxylation is 1. The smallest absolute Gasteiger partial charge is 0.250 e. The van der Waals surface area contributed by atoms with Crippen LogP contribution < -0.4 is 10.3 Å². The lowest BCUT2D eigenvalue weighted by Gasteiger charge is -2.22. The van der Waals surface area contributed by atoms with Gasteiger partial charge in [0.25, 0.3) is 5.56 Å². The minimum Gasteiger partial charge on any atom is -0.317 e. The number of hydrogen-bond acceptors (Lipinski definition) is 3. The summed E-state index contributed by atoms with van der Waals surface area (Å²) in [6.45, 7) is 8.50. The van der Waals surface area contributed by atoms with E-state index in [9.17, 15) is 4.79 Å². The summed E-state index contributed by atoms with van der Waals surface area (Å²) < 4.78 is 6.04. The molecule has 0 radical (unpaired) electrons. The third-order valence-electron chi connectivity index (χ3n) is 2.22. The van der Waals surface area contributed by atoms with E-state index in [1.165, 1.54) is 0 Å². The molecule has 0 aromatic carbocycles. The first-order valence-electron chi connectivity index (χ1n) is 5.50. The van der Waals surface area contributed by atoms with Gasteiger partial charge in [0.15, 0.2) is 0 Å². The Morgan fingerprint density at radius 1 is 1.47 bits per heavy atom. The molecule has 5 heteroatoms. The van der Waals surface area contributed by atoms with Gasteiger partial charge in [0, 0.05) is 34.6 Å². The van der Waals surface area contributed by atoms with Crippen LogP contribution in [0.15, 0.2) is 21.5 Å². The quantitative estimate of drug-likeness (QED) is 0.869. The van der Waals surface area contributed by atoms with Gasteiger partial charge >= 0.3 is 0 Å². The van der Waals surface area contributed by atoms with Gasteiger partial charge in [0.05, 0.1) is 0 Å². The van der Waals surface area contributed by atoms with Crippen LogP contribution in [0.2, 0.25) is 0 Å². The van der Waals surface area contributed by atoms with Crippen molar-refractivity contribution in [2.45, 2.75) is 38.5 Å². The largest absolute Gasteiger partial charge is 0.317 e. The lowest BCUT2D eigenvalue weighted by atomic mass is 10.1. The van der Waals surface area contributed by atoms with Gasteiger partial charge in [-0.3, -0.25) is 9.52 Å². The van der Waals surface area contributed by atoms with Crippen molar-refractivity contribution in [3.63, 3.8) is 0 Å². The van der Waals surface area contributed by atoms with E-state index in [-0.39, 0.29) is 16.3 Å². The van der Waals surface area contributed by atoms with Gasteiger partial charge in [0.1, 0.15) is 0 Å². The maximum Gasteiger partial charge on any atom is 0.250 e. The zero-order valence-electron chi connectivity index (χ0n) is 10.9. The molecular formula is C12H19BrN2OS. The number of aromatic nitrogens is 1. The van der Waals surface area contributed by atoms with E-state index in [4.69, 9.17) is 0 Å². The summed E-state index contributed by atoms with van der Waals surface area (Å²) in [5, 5.41) is 0. The molecule has 0 spiro atoms. The Balaban J connectivity index is 2.86. The van der Waals surface area contributed by atoms with Crippen LogP contribution in [0.25, 0.3) is 0 Å². The van der Waals surface area contributed by atoms with Gasteiger partial charge in [-0.2, -0.15) is 0 Å². The van der Waals surface area contributed by atoms with Gasteiger partial charge in [-0.05, 0) is 49.2 Å². The number of nitrogens with one attached hydrogen (secondary N) is 1. The summed E-state index contributed by atoms with van der Waals surface area (Å²) in [5.74, 6) is 0. The van der Waals surface area contributed by atoms with Crippen LogP contribution in [-0.4, -0.2) is 9.31 Å². The zero-order chi connectivity index (χ0) is 13.2. The Kier molecular flexibility index (Phi) is 4.86. The molecule has 0 aliphatic carbocycles. The first-order chi connectivity index (χ1) is 7.70. The van der Waals surface area contributed by atoms with E-state index in [1.807, 2.05) is 0 Å². The molecule has 0 unspecified atom stereocenters. The maximum absolute atomic E-state index is 11.6. The highest BCUT2D eigenvalue weighted by molar-refractivity contribution is 9.10. The minimum atomic E-state index is 0.0117. The lowest BCUT2D eigenvalue weighted by molar-refractivity contribution is 0.712. The number of nitrogens with zero attached hydrogens (tertiary/aromatic N) is 1. The molecule has 1 aromatic heterocycles. The Morgan fingerprint density at radius 2 is 2.06 bits per heavy atom. The maximum atomic E-state index is 11.6. The predicted octanol–water partition coefficient (Wildman–Crippen LogP) is 3.25. The molecule has 96 valence electrons. The SMILES string of the molecule is C[C@H](NSC(C)(C)C)c1cc(=O)n(C)cc1Br. The van der Waals surface area contributed by atoms with Crippen molar-refractivity contribution < 1.29 is 0 Å². The fourth-order valence-electron chi connectivity index (χ4n) is 1.27. The van der Waals surface area contributed by atoms with Crippen LogP contribution in [0, 0.1) is 0 Å². The van der Waals surface area contributed by atoms with E-state index in [1.54, 1.807) is 35.8 Å². The molecule has 1 aromatic rings. The first-order valence-corrected chi connectivity index (χ1v) is 7.11. The molecular weight excluding hydrogens is 300 g/mol. The summed E-state index contributed by atoms with van der Waals surface area (Å²) in [7, 11) is 1.75.